The number of rotatable bonds is 7. The highest BCUT2D eigenvalue weighted by Gasteiger charge is 2.05. The first-order valence-corrected chi connectivity index (χ1v) is 8.50. The second-order valence-electron chi connectivity index (χ2n) is 5.93. The minimum Gasteiger partial charge on any atom is -0.489 e. The Kier molecular flexibility index (Phi) is 5.99. The Labute approximate surface area is 152 Å². The van der Waals surface area contributed by atoms with Gasteiger partial charge in [0.1, 0.15) is 18.2 Å². The van der Waals surface area contributed by atoms with Crippen LogP contribution in [0.5, 0.6) is 5.75 Å². The highest BCUT2D eigenvalue weighted by atomic mass is 19.1. The Morgan fingerprint density at radius 2 is 1.50 bits per heavy atom. The van der Waals surface area contributed by atoms with Crippen molar-refractivity contribution in [3.63, 3.8) is 0 Å². The molecule has 0 fully saturated rings. The van der Waals surface area contributed by atoms with Crippen molar-refractivity contribution in [2.24, 2.45) is 0 Å². The smallest absolute Gasteiger partial charge is 0.251 e. The summed E-state index contributed by atoms with van der Waals surface area (Å²) in [5, 5.41) is 2.88. The van der Waals surface area contributed by atoms with E-state index in [9.17, 15) is 9.18 Å². The second-order valence-corrected chi connectivity index (χ2v) is 5.93. The Morgan fingerprint density at radius 1 is 0.846 bits per heavy atom. The van der Waals surface area contributed by atoms with Crippen LogP contribution in [0.4, 0.5) is 4.39 Å². The first kappa shape index (κ1) is 17.7. The fraction of sp³-hybridized carbons (Fsp3) is 0.136. The Hall–Kier alpha value is -3.14. The maximum absolute atomic E-state index is 12.9. The molecule has 0 aromatic heterocycles. The normalized spacial score (nSPS) is 10.3. The zero-order valence-corrected chi connectivity index (χ0v) is 14.3. The van der Waals surface area contributed by atoms with Gasteiger partial charge in [-0.25, -0.2) is 4.39 Å². The molecule has 0 atom stereocenters. The van der Waals surface area contributed by atoms with Gasteiger partial charge in [0.2, 0.25) is 0 Å². The topological polar surface area (TPSA) is 38.3 Å². The molecule has 3 aromatic rings. The van der Waals surface area contributed by atoms with Crippen LogP contribution in [-0.2, 0) is 13.0 Å². The molecule has 0 aliphatic carbocycles. The van der Waals surface area contributed by atoms with Crippen molar-refractivity contribution in [2.75, 3.05) is 6.54 Å². The zero-order chi connectivity index (χ0) is 18.2. The van der Waals surface area contributed by atoms with Gasteiger partial charge in [-0.05, 0) is 53.9 Å². The fourth-order valence-corrected chi connectivity index (χ4v) is 2.51. The third-order valence-corrected chi connectivity index (χ3v) is 3.98. The van der Waals surface area contributed by atoms with Gasteiger partial charge in [-0.3, -0.25) is 4.79 Å². The van der Waals surface area contributed by atoms with E-state index in [-0.39, 0.29) is 11.7 Å². The van der Waals surface area contributed by atoms with Gasteiger partial charge in [-0.15, -0.1) is 0 Å². The van der Waals surface area contributed by atoms with E-state index in [4.69, 9.17) is 4.74 Å². The number of halogens is 1. The van der Waals surface area contributed by atoms with E-state index >= 15 is 0 Å². The third-order valence-electron chi connectivity index (χ3n) is 3.98. The lowest BCUT2D eigenvalue weighted by Gasteiger charge is -2.08. The van der Waals surface area contributed by atoms with Crippen LogP contribution >= 0.6 is 0 Å². The second kappa shape index (κ2) is 8.81. The van der Waals surface area contributed by atoms with Crippen molar-refractivity contribution >= 4 is 5.91 Å². The molecule has 4 heteroatoms. The van der Waals surface area contributed by atoms with Gasteiger partial charge in [0.05, 0.1) is 0 Å². The quantitative estimate of drug-likeness (QED) is 0.687. The molecule has 3 rings (SSSR count). The third kappa shape index (κ3) is 5.18. The Morgan fingerprint density at radius 3 is 2.19 bits per heavy atom. The molecule has 0 radical (unpaired) electrons. The predicted octanol–water partition coefficient (Wildman–Crippen LogP) is 4.38. The van der Waals surface area contributed by atoms with E-state index in [0.29, 0.717) is 25.1 Å². The average molecular weight is 349 g/mol. The molecule has 0 saturated heterocycles. The van der Waals surface area contributed by atoms with Crippen molar-refractivity contribution in [2.45, 2.75) is 13.0 Å². The van der Waals surface area contributed by atoms with Crippen LogP contribution in [-0.4, -0.2) is 12.5 Å². The van der Waals surface area contributed by atoms with Crippen LogP contribution in [0.15, 0.2) is 78.9 Å². The molecule has 0 aliphatic rings. The van der Waals surface area contributed by atoms with Crippen LogP contribution in [0.25, 0.3) is 0 Å². The summed E-state index contributed by atoms with van der Waals surface area (Å²) in [4.78, 5) is 12.2. The molecule has 3 nitrogen and oxygen atoms in total. The molecule has 1 amide bonds. The molecule has 0 saturated carbocycles. The predicted molar refractivity (Wildman–Crippen MR) is 99.7 cm³/mol. The summed E-state index contributed by atoms with van der Waals surface area (Å²) < 4.78 is 18.6. The van der Waals surface area contributed by atoms with Gasteiger partial charge in [0, 0.05) is 12.1 Å². The summed E-state index contributed by atoms with van der Waals surface area (Å²) in [6.07, 6.45) is 0.662. The summed E-state index contributed by atoms with van der Waals surface area (Å²) in [7, 11) is 0. The molecule has 132 valence electrons. The summed E-state index contributed by atoms with van der Waals surface area (Å²) in [6, 6.07) is 23.3. The Bertz CT molecular complexity index is 830. The van der Waals surface area contributed by atoms with Crippen LogP contribution < -0.4 is 10.1 Å². The number of benzene rings is 3. The van der Waals surface area contributed by atoms with Crippen molar-refractivity contribution in [3.8, 4) is 5.75 Å². The van der Waals surface area contributed by atoms with Gasteiger partial charge in [0.15, 0.2) is 0 Å². The average Bonchev–Trinajstić information content (AvgIpc) is 2.69. The molecular weight excluding hydrogens is 329 g/mol. The molecule has 0 bridgehead atoms. The molecule has 26 heavy (non-hydrogen) atoms. The van der Waals surface area contributed by atoms with E-state index in [1.807, 2.05) is 42.5 Å². The first-order chi connectivity index (χ1) is 12.7. The number of hydrogen-bond acceptors (Lipinski definition) is 2. The van der Waals surface area contributed by atoms with Gasteiger partial charge >= 0.3 is 0 Å². The highest BCUT2D eigenvalue weighted by Crippen LogP contribution is 2.12. The maximum Gasteiger partial charge on any atom is 0.251 e. The summed E-state index contributed by atoms with van der Waals surface area (Å²) >= 11 is 0. The number of nitrogens with one attached hydrogen (secondary N) is 1. The van der Waals surface area contributed by atoms with Crippen molar-refractivity contribution in [1.82, 2.24) is 5.32 Å². The molecular formula is C22H20FNO2. The van der Waals surface area contributed by atoms with E-state index in [1.165, 1.54) is 12.1 Å². The van der Waals surface area contributed by atoms with E-state index in [0.717, 1.165) is 16.9 Å². The maximum atomic E-state index is 12.9. The minimum absolute atomic E-state index is 0.123. The summed E-state index contributed by atoms with van der Waals surface area (Å²) in [6.45, 7) is 0.958. The summed E-state index contributed by atoms with van der Waals surface area (Å²) in [5.41, 5.74) is 2.59. The molecule has 0 aliphatic heterocycles. The van der Waals surface area contributed by atoms with Crippen molar-refractivity contribution < 1.29 is 13.9 Å². The molecule has 0 heterocycles. The zero-order valence-electron chi connectivity index (χ0n) is 14.3. The van der Waals surface area contributed by atoms with Crippen molar-refractivity contribution in [1.29, 1.82) is 0 Å². The SMILES string of the molecule is O=C(NCCc1ccc(F)cc1)c1ccc(COc2ccccc2)cc1. The van der Waals surface area contributed by atoms with Gasteiger partial charge in [-0.2, -0.15) is 0 Å². The number of hydrogen-bond donors (Lipinski definition) is 1. The number of ether oxygens (including phenoxy) is 1. The van der Waals surface area contributed by atoms with Crippen LogP contribution in [0.2, 0.25) is 0 Å². The molecule has 3 aromatic carbocycles. The van der Waals surface area contributed by atoms with Crippen LogP contribution in [0.1, 0.15) is 21.5 Å². The van der Waals surface area contributed by atoms with Gasteiger partial charge in [-0.1, -0.05) is 42.5 Å². The number of carbonyl (C=O) groups excluding carboxylic acids is 1. The minimum atomic E-state index is -0.255. The van der Waals surface area contributed by atoms with E-state index in [1.54, 1.807) is 24.3 Å². The largest absolute Gasteiger partial charge is 0.489 e. The molecule has 1 N–H and O–H groups in total. The first-order valence-electron chi connectivity index (χ1n) is 8.50. The fourth-order valence-electron chi connectivity index (χ4n) is 2.51. The van der Waals surface area contributed by atoms with Gasteiger partial charge in [0.25, 0.3) is 5.91 Å². The van der Waals surface area contributed by atoms with Crippen LogP contribution in [0.3, 0.4) is 0 Å². The standard InChI is InChI=1S/C22H20FNO2/c23-20-12-8-17(9-13-20)14-15-24-22(25)19-10-6-18(7-11-19)16-26-21-4-2-1-3-5-21/h1-13H,14-16H2,(H,24,25). The van der Waals surface area contributed by atoms with E-state index < -0.39 is 0 Å². The number of amides is 1. The highest BCUT2D eigenvalue weighted by molar-refractivity contribution is 5.94. The van der Waals surface area contributed by atoms with E-state index in [2.05, 4.69) is 5.32 Å². The van der Waals surface area contributed by atoms with Gasteiger partial charge < -0.3 is 10.1 Å². The lowest BCUT2D eigenvalue weighted by Crippen LogP contribution is -2.25. The Balaban J connectivity index is 1.46. The lowest BCUT2D eigenvalue weighted by atomic mass is 10.1. The number of para-hydroxylation sites is 1. The molecule has 0 unspecified atom stereocenters. The summed E-state index contributed by atoms with van der Waals surface area (Å²) in [5.74, 6) is 0.437. The van der Waals surface area contributed by atoms with Crippen LogP contribution in [0, 0.1) is 5.82 Å². The lowest BCUT2D eigenvalue weighted by molar-refractivity contribution is 0.0954. The van der Waals surface area contributed by atoms with Crippen molar-refractivity contribution in [3.05, 3.63) is 101 Å². The number of carbonyl (C=O) groups is 1. The molecule has 0 spiro atoms. The monoisotopic (exact) mass is 349 g/mol.